The van der Waals surface area contributed by atoms with E-state index in [1.807, 2.05) is 54.6 Å². The number of fused-ring (bicyclic) bond motifs is 1. The Labute approximate surface area is 332 Å². The third-order valence-corrected chi connectivity index (χ3v) is 9.92. The maximum absolute atomic E-state index is 13.7. The van der Waals surface area contributed by atoms with Crippen molar-refractivity contribution >= 4 is 52.9 Å². The number of methoxy groups -OCH3 is 2. The van der Waals surface area contributed by atoms with Crippen LogP contribution in [0.1, 0.15) is 42.4 Å². The molecule has 0 spiro atoms. The van der Waals surface area contributed by atoms with Gasteiger partial charge in [0.15, 0.2) is 0 Å². The fourth-order valence-electron chi connectivity index (χ4n) is 6.11. The third-order valence-electron chi connectivity index (χ3n) is 8.80. The Balaban J connectivity index is 1.21. The first-order valence-corrected chi connectivity index (χ1v) is 21.2. The number of urea groups is 1. The number of hydrogen-bond acceptors (Lipinski definition) is 9. The summed E-state index contributed by atoms with van der Waals surface area (Å²) in [6.45, 7) is 10.5. The van der Waals surface area contributed by atoms with Crippen molar-refractivity contribution in [3.8, 4) is 22.9 Å². The lowest BCUT2D eigenvalue weighted by molar-refractivity contribution is 0.0936. The fourth-order valence-corrected chi connectivity index (χ4v) is 7.18. The summed E-state index contributed by atoms with van der Waals surface area (Å²) in [6.07, 6.45) is 2.09. The molecule has 2 heterocycles. The number of ether oxygens (including phenoxy) is 3. The molecule has 2 aromatic heterocycles. The van der Waals surface area contributed by atoms with Crippen LogP contribution in [-0.2, 0) is 20.9 Å². The van der Waals surface area contributed by atoms with Crippen molar-refractivity contribution in [3.63, 3.8) is 0 Å². The number of hydrogen-bond donors (Lipinski definition) is 4. The first-order valence-electron chi connectivity index (χ1n) is 18.4. The van der Waals surface area contributed by atoms with Crippen molar-refractivity contribution in [2.45, 2.75) is 32.3 Å². The van der Waals surface area contributed by atoms with Gasteiger partial charge in [0.05, 0.1) is 37.9 Å². The van der Waals surface area contributed by atoms with Crippen molar-refractivity contribution in [2.24, 2.45) is 0 Å². The second-order valence-corrected chi connectivity index (χ2v) is 18.5. The highest BCUT2D eigenvalue weighted by Gasteiger charge is 2.22. The zero-order valence-electron chi connectivity index (χ0n) is 33.2. The number of aromatic nitrogens is 3. The molecule has 0 radical (unpaired) electrons. The van der Waals surface area contributed by atoms with Crippen LogP contribution in [-0.4, -0.2) is 67.4 Å². The summed E-state index contributed by atoms with van der Waals surface area (Å²) in [7, 11) is 0.806. The average molecular weight is 790 g/mol. The van der Waals surface area contributed by atoms with Gasteiger partial charge in [0.1, 0.15) is 28.9 Å². The average Bonchev–Trinajstić information content (AvgIpc) is 3.60. The monoisotopic (exact) mass is 789 g/mol. The molecular weight excluding hydrogens is 741 g/mol. The van der Waals surface area contributed by atoms with Gasteiger partial charge in [-0.3, -0.25) is 10.1 Å². The van der Waals surface area contributed by atoms with Crippen LogP contribution in [0.4, 0.5) is 27.8 Å². The molecule has 6 rings (SSSR count). The number of carbonyl (C=O) groups excluding carboxylic acids is 2. The molecule has 4 N–H and O–H groups in total. The number of benzene rings is 4. The Morgan fingerprint density at radius 2 is 1.63 bits per heavy atom. The maximum Gasteiger partial charge on any atom is 0.324 e. The first-order chi connectivity index (χ1) is 27.2. The summed E-state index contributed by atoms with van der Waals surface area (Å²) < 4.78 is 31.2. The topological polar surface area (TPSA) is 158 Å². The minimum Gasteiger partial charge on any atom is -0.497 e. The number of carbonyl (C=O) groups is 2. The molecule has 0 atom stereocenters. The van der Waals surface area contributed by atoms with Crippen LogP contribution in [0.25, 0.3) is 16.5 Å². The molecule has 0 saturated carbocycles. The zero-order chi connectivity index (χ0) is 40.7. The summed E-state index contributed by atoms with van der Waals surface area (Å²) in [6, 6.07) is 29.0. The Kier molecular flexibility index (Phi) is 12.3. The van der Waals surface area contributed by atoms with E-state index < -0.39 is 13.2 Å². The van der Waals surface area contributed by atoms with Crippen LogP contribution in [0.15, 0.2) is 103 Å². The molecule has 3 amide bonds. The minimum atomic E-state index is -2.31. The molecule has 14 heteroatoms. The lowest BCUT2D eigenvalue weighted by atomic mass is 9.92. The number of rotatable bonds is 14. The predicted molar refractivity (Wildman–Crippen MR) is 227 cm³/mol. The van der Waals surface area contributed by atoms with E-state index in [1.54, 1.807) is 73.8 Å². The molecule has 4 aromatic carbocycles. The number of nitrogens with zero attached hydrogens (tertiary/aromatic N) is 3. The minimum absolute atomic E-state index is 0.258. The van der Waals surface area contributed by atoms with E-state index in [1.165, 1.54) is 7.11 Å². The van der Waals surface area contributed by atoms with Crippen LogP contribution in [0, 0.1) is 0 Å². The summed E-state index contributed by atoms with van der Waals surface area (Å²) in [5.41, 5.74) is 3.81. The highest BCUT2D eigenvalue weighted by molar-refractivity contribution is 7.61. The number of amides is 3. The van der Waals surface area contributed by atoms with Gasteiger partial charge in [-0.1, -0.05) is 57.2 Å². The molecule has 0 unspecified atom stereocenters. The molecule has 57 heavy (non-hydrogen) atoms. The highest BCUT2D eigenvalue weighted by Crippen LogP contribution is 2.41. The fraction of sp³-hybridized carbons (Fsp3) is 0.256. The van der Waals surface area contributed by atoms with Crippen LogP contribution < -0.4 is 30.7 Å². The molecule has 0 aliphatic heterocycles. The van der Waals surface area contributed by atoms with Gasteiger partial charge in [-0.25, -0.2) is 14.5 Å². The van der Waals surface area contributed by atoms with Gasteiger partial charge in [-0.15, -0.1) is 0 Å². The highest BCUT2D eigenvalue weighted by atomic mass is 31.2. The number of nitrogens with one attached hydrogen (secondary N) is 4. The van der Waals surface area contributed by atoms with Crippen LogP contribution in [0.2, 0.25) is 0 Å². The van der Waals surface area contributed by atoms with E-state index >= 15 is 0 Å². The van der Waals surface area contributed by atoms with Crippen LogP contribution >= 0.6 is 7.14 Å². The van der Waals surface area contributed by atoms with Crippen molar-refractivity contribution in [3.05, 3.63) is 120 Å². The predicted octanol–water partition coefficient (Wildman–Crippen LogP) is 9.41. The summed E-state index contributed by atoms with van der Waals surface area (Å²) in [4.78, 5) is 30.9. The van der Waals surface area contributed by atoms with Gasteiger partial charge in [0, 0.05) is 71.7 Å². The van der Waals surface area contributed by atoms with Gasteiger partial charge >= 0.3 is 6.03 Å². The molecule has 0 fully saturated rings. The lowest BCUT2D eigenvalue weighted by Gasteiger charge is -2.15. The standard InChI is InChI=1S/C43H48N7O6P/c1-43(2,3)38-26-40(50(49-38)31-12-10-11-28(21-31)27-57(6,7)53)48-42(52)47-36-15-16-37(35-14-9-8-13-34(35)36)56-32-17-18-44-39(25-32)46-30-22-29(23-33(24-30)55-5)41(51)45-19-20-54-4/h8-18,21-26H,19-20,27H2,1-7H3,(H,44,46)(H,45,51)(H2,47,48,52). The maximum atomic E-state index is 13.7. The normalized spacial score (nSPS) is 11.6. The first kappa shape index (κ1) is 40.5. The second kappa shape index (κ2) is 17.3. The van der Waals surface area contributed by atoms with Gasteiger partial charge < -0.3 is 34.7 Å². The van der Waals surface area contributed by atoms with Crippen LogP contribution in [0.3, 0.4) is 0 Å². The Bertz CT molecular complexity index is 2450. The second-order valence-electron chi connectivity index (χ2n) is 15.0. The zero-order valence-corrected chi connectivity index (χ0v) is 34.1. The van der Waals surface area contributed by atoms with Gasteiger partial charge in [-0.05, 0) is 61.4 Å². The van der Waals surface area contributed by atoms with Crippen molar-refractivity contribution in [2.75, 3.05) is 56.7 Å². The van der Waals surface area contributed by atoms with Crippen molar-refractivity contribution < 1.29 is 28.4 Å². The third kappa shape index (κ3) is 10.6. The molecule has 13 nitrogen and oxygen atoms in total. The smallest absolute Gasteiger partial charge is 0.324 e. The molecule has 0 aliphatic rings. The molecule has 0 bridgehead atoms. The number of anilines is 4. The van der Waals surface area contributed by atoms with Gasteiger partial charge in [0.25, 0.3) is 5.91 Å². The van der Waals surface area contributed by atoms with Crippen LogP contribution in [0.5, 0.6) is 17.2 Å². The Morgan fingerprint density at radius 1 is 0.842 bits per heavy atom. The Morgan fingerprint density at radius 3 is 2.37 bits per heavy atom. The van der Waals surface area contributed by atoms with Crippen molar-refractivity contribution in [1.82, 2.24) is 20.1 Å². The quantitative estimate of drug-likeness (QED) is 0.0623. The SMILES string of the molecule is COCCNC(=O)c1cc(Nc2cc(Oc3ccc(NC(=O)Nc4cc(C(C)(C)C)nn4-c4cccc(CP(C)(C)=O)c4)c4ccccc34)ccn2)cc(OC)c1. The largest absolute Gasteiger partial charge is 0.497 e. The lowest BCUT2D eigenvalue weighted by Crippen LogP contribution is -2.27. The van der Waals surface area contributed by atoms with E-state index in [-0.39, 0.29) is 11.3 Å². The molecular formula is C43H48N7O6P. The summed E-state index contributed by atoms with van der Waals surface area (Å²) >= 11 is 0. The van der Waals surface area contributed by atoms with E-state index in [0.717, 1.165) is 27.7 Å². The molecule has 0 aliphatic carbocycles. The van der Waals surface area contributed by atoms with E-state index in [0.29, 0.717) is 65.1 Å². The van der Waals surface area contributed by atoms with E-state index in [9.17, 15) is 14.2 Å². The molecule has 296 valence electrons. The van der Waals surface area contributed by atoms with E-state index in [2.05, 4.69) is 47.0 Å². The summed E-state index contributed by atoms with van der Waals surface area (Å²) in [5, 5.41) is 18.5. The van der Waals surface area contributed by atoms with E-state index in [4.69, 9.17) is 19.3 Å². The van der Waals surface area contributed by atoms with Gasteiger partial charge in [0.2, 0.25) is 0 Å². The Hall–Kier alpha value is -6.17. The van der Waals surface area contributed by atoms with Crippen molar-refractivity contribution in [1.29, 1.82) is 0 Å². The molecule has 6 aromatic rings. The number of pyridine rings is 1. The van der Waals surface area contributed by atoms with Gasteiger partial charge in [-0.2, -0.15) is 5.10 Å². The summed E-state index contributed by atoms with van der Waals surface area (Å²) in [5.74, 6) is 2.32. The molecule has 0 saturated heterocycles.